The maximum absolute atomic E-state index is 12.5. The van der Waals surface area contributed by atoms with Gasteiger partial charge in [0.1, 0.15) is 24.9 Å². The van der Waals surface area contributed by atoms with E-state index in [1.165, 1.54) is 6.42 Å². The number of carbonyl (C=O) groups is 1. The minimum atomic E-state index is -5.20. The lowest BCUT2D eigenvalue weighted by atomic mass is 10.1. The number of quaternary nitrogens is 3. The molecule has 181 valence electrons. The Morgan fingerprint density at radius 1 is 1.34 bits per heavy atom. The zero-order valence-electron chi connectivity index (χ0n) is 15.9. The van der Waals surface area contributed by atoms with E-state index in [2.05, 4.69) is 45.2 Å². The van der Waals surface area contributed by atoms with Crippen molar-refractivity contribution in [2.45, 2.75) is 24.5 Å². The number of urea groups is 1. The molecule has 2 aliphatic heterocycles. The highest BCUT2D eigenvalue weighted by atomic mass is 31.3. The number of rotatable bonds is 11. The van der Waals surface area contributed by atoms with Crippen LogP contribution in [-0.2, 0) is 41.2 Å². The Morgan fingerprint density at radius 2 is 2.00 bits per heavy atom. The quantitative estimate of drug-likeness (QED) is 0.0565. The molecule has 0 saturated carbocycles. The summed E-state index contributed by atoms with van der Waals surface area (Å²) in [6, 6.07) is -0.898. The van der Waals surface area contributed by atoms with Crippen molar-refractivity contribution < 1.29 is 88.3 Å². The molecule has 20 nitrogen and oxygen atoms in total. The highest BCUT2D eigenvalue weighted by molar-refractivity contribution is 7.72. The SMILES string of the molecule is NC1=NC(=O)[N+]([C@@H]2O[C@H](CO[P+]([O])(O[NH3+])O[P+]([O-])(O[NH3+])OP(=O)(O)O[NH3+])[C@@H](O)[C@H]2O)=C[CH+]1. The highest BCUT2D eigenvalue weighted by Gasteiger charge is 2.68. The minimum Gasteiger partial charge on any atom is -0.597 e. The normalized spacial score (nSPS) is 31.7. The van der Waals surface area contributed by atoms with Crippen LogP contribution in [0, 0.1) is 6.42 Å². The molecular formula is C9H22N6O14P3+6. The summed E-state index contributed by atoms with van der Waals surface area (Å²) in [7, 11) is -15.3. The summed E-state index contributed by atoms with van der Waals surface area (Å²) in [5.41, 5.74) is 5.38. The van der Waals surface area contributed by atoms with Gasteiger partial charge in [-0.25, -0.2) is 10.5 Å². The van der Waals surface area contributed by atoms with Crippen molar-refractivity contribution in [2.24, 2.45) is 10.7 Å². The molecule has 2 heterocycles. The summed E-state index contributed by atoms with van der Waals surface area (Å²) in [5, 5.41) is 20.3. The molecule has 14 N–H and O–H groups in total. The zero-order chi connectivity index (χ0) is 24.3. The van der Waals surface area contributed by atoms with Gasteiger partial charge < -0.3 is 25.6 Å². The Labute approximate surface area is 179 Å². The van der Waals surface area contributed by atoms with Crippen LogP contribution in [0.5, 0.6) is 0 Å². The number of carbonyl (C=O) groups excluding carboxylic acids is 1. The maximum atomic E-state index is 12.5. The molecule has 2 rings (SSSR count). The molecule has 0 bridgehead atoms. The van der Waals surface area contributed by atoms with Crippen molar-refractivity contribution >= 4 is 42.2 Å². The van der Waals surface area contributed by atoms with Crippen LogP contribution in [-0.4, -0.2) is 68.9 Å². The van der Waals surface area contributed by atoms with Gasteiger partial charge in [0.25, 0.3) is 6.21 Å². The van der Waals surface area contributed by atoms with Crippen LogP contribution in [0.4, 0.5) is 4.79 Å². The summed E-state index contributed by atoms with van der Waals surface area (Å²) in [5.74, 6) is 7.99. The molecule has 0 aromatic carbocycles. The summed E-state index contributed by atoms with van der Waals surface area (Å²) in [6.45, 7) is -0.863. The fraction of sp³-hybridized carbons (Fsp3) is 0.556. The predicted octanol–water partition coefficient (Wildman–Crippen LogP) is -5.97. The van der Waals surface area contributed by atoms with Crippen molar-refractivity contribution in [1.82, 2.24) is 0 Å². The van der Waals surface area contributed by atoms with Crippen molar-refractivity contribution in [3.8, 4) is 0 Å². The minimum absolute atomic E-state index is 0.0965. The van der Waals surface area contributed by atoms with E-state index in [9.17, 15) is 34.3 Å². The van der Waals surface area contributed by atoms with E-state index in [4.69, 9.17) is 15.0 Å². The number of hydrogen-bond acceptors (Lipinski definition) is 13. The Hall–Kier alpha value is -0.830. The molecule has 0 aromatic rings. The highest BCUT2D eigenvalue weighted by Crippen LogP contribution is 2.75. The van der Waals surface area contributed by atoms with Crippen molar-refractivity contribution in [3.63, 3.8) is 0 Å². The monoisotopic (exact) mass is 531 g/mol. The van der Waals surface area contributed by atoms with Crippen LogP contribution in [0.2, 0.25) is 0 Å². The third kappa shape index (κ3) is 6.61. The third-order valence-corrected chi connectivity index (χ3v) is 8.39. The van der Waals surface area contributed by atoms with Gasteiger partial charge in [0.05, 0.1) is 14.2 Å². The number of ether oxygens (including phenoxy) is 1. The van der Waals surface area contributed by atoms with Crippen LogP contribution in [0.25, 0.3) is 0 Å². The van der Waals surface area contributed by atoms with Gasteiger partial charge in [0, 0.05) is 9.25 Å². The average Bonchev–Trinajstić information content (AvgIpc) is 3.00. The van der Waals surface area contributed by atoms with Crippen LogP contribution in [0.1, 0.15) is 0 Å². The molecule has 0 spiro atoms. The van der Waals surface area contributed by atoms with Crippen molar-refractivity contribution in [3.05, 3.63) is 6.42 Å². The van der Waals surface area contributed by atoms with Crippen molar-refractivity contribution in [2.75, 3.05) is 6.61 Å². The van der Waals surface area contributed by atoms with Gasteiger partial charge in [-0.3, -0.25) is 4.89 Å². The number of amidine groups is 1. The number of nitrogens with zero attached hydrogens (tertiary/aromatic N) is 2. The predicted molar refractivity (Wildman–Crippen MR) is 92.7 cm³/mol. The second-order valence-corrected chi connectivity index (χ2v) is 10.9. The number of aliphatic hydroxyl groups excluding tert-OH is 2. The Morgan fingerprint density at radius 3 is 2.53 bits per heavy atom. The van der Waals surface area contributed by atoms with Crippen LogP contribution < -0.4 is 28.3 Å². The number of phosphoric acid groups is 2. The fourth-order valence-corrected chi connectivity index (χ4v) is 6.03. The number of aliphatic hydroxyl groups is 2. The molecule has 1 fully saturated rings. The van der Waals surface area contributed by atoms with E-state index >= 15 is 0 Å². The number of aliphatic imine (C=N–C) groups is 1. The summed E-state index contributed by atoms with van der Waals surface area (Å²) >= 11 is 0. The van der Waals surface area contributed by atoms with Gasteiger partial charge >= 0.3 is 36.0 Å². The second kappa shape index (κ2) is 10.6. The molecule has 2 aliphatic rings. The Balaban J connectivity index is 2.06. The first-order chi connectivity index (χ1) is 14.8. The molecule has 3 unspecified atom stereocenters. The van der Waals surface area contributed by atoms with E-state index in [-0.39, 0.29) is 5.84 Å². The van der Waals surface area contributed by atoms with E-state index in [1.807, 2.05) is 0 Å². The van der Waals surface area contributed by atoms with Gasteiger partial charge in [-0.1, -0.05) is 8.94 Å². The summed E-state index contributed by atoms with van der Waals surface area (Å²) in [6.07, 6.45) is -3.85. The second-order valence-electron chi connectivity index (χ2n) is 5.80. The van der Waals surface area contributed by atoms with Crippen LogP contribution in [0.15, 0.2) is 4.99 Å². The van der Waals surface area contributed by atoms with E-state index in [0.29, 0.717) is 0 Å². The molecule has 1 saturated heterocycles. The van der Waals surface area contributed by atoms with Gasteiger partial charge in [0.2, 0.25) is 12.6 Å². The van der Waals surface area contributed by atoms with E-state index in [0.717, 1.165) is 10.8 Å². The molecular weight excluding hydrogens is 509 g/mol. The lowest BCUT2D eigenvalue weighted by molar-refractivity contribution is -0.659. The molecule has 32 heavy (non-hydrogen) atoms. The number of hydrogen-bond donors (Lipinski definition) is 7. The lowest BCUT2D eigenvalue weighted by Gasteiger charge is -2.19. The number of nitrogens with two attached hydrogens (primary N) is 1. The average molecular weight is 531 g/mol. The number of amides is 2. The van der Waals surface area contributed by atoms with E-state index in [1.54, 1.807) is 0 Å². The lowest BCUT2D eigenvalue weighted by Crippen LogP contribution is -2.53. The first kappa shape index (κ1) is 27.4. The van der Waals surface area contributed by atoms with Crippen molar-refractivity contribution in [1.29, 1.82) is 0 Å². The van der Waals surface area contributed by atoms with Gasteiger partial charge in [-0.2, -0.15) is 16.6 Å². The summed E-state index contributed by atoms with van der Waals surface area (Å²) in [4.78, 5) is 49.3. The first-order valence-electron chi connectivity index (χ1n) is 8.06. The standard InChI is InChI=1S/C9H20N6O14P3/c10-5-1-2-15(9(18)14-5)8-7(17)6(16)4(24-8)3-23-31(21,26-12)29-32(22,27-13)28-30(19,20)25-11/h1-2,4,6-8,16-17H,3H2,11-13H3,(H-2,10,14,18,19,20)/q+4/p+2/t4-,6-,7-,8-,31?,32?/m1/s1. The van der Waals surface area contributed by atoms with Gasteiger partial charge in [-0.15, -0.1) is 9.10 Å². The largest absolute Gasteiger partial charge is 0.707 e. The Kier molecular flexibility index (Phi) is 9.10. The van der Waals surface area contributed by atoms with Crippen LogP contribution in [0.3, 0.4) is 0 Å². The van der Waals surface area contributed by atoms with Gasteiger partial charge in [0.15, 0.2) is 0 Å². The van der Waals surface area contributed by atoms with Crippen LogP contribution >= 0.6 is 24.2 Å². The zero-order valence-corrected chi connectivity index (χ0v) is 18.6. The molecule has 0 aliphatic carbocycles. The molecule has 2 amide bonds. The Bertz CT molecular complexity index is 819. The topological polar surface area (TPSA) is 327 Å². The van der Waals surface area contributed by atoms with E-state index < -0.39 is 61.3 Å². The molecule has 7 atom stereocenters. The summed E-state index contributed by atoms with van der Waals surface area (Å²) < 4.78 is 42.9. The molecule has 23 heteroatoms. The maximum Gasteiger partial charge on any atom is 0.707 e. The third-order valence-electron chi connectivity index (χ3n) is 3.74. The molecule has 1 radical (unpaired) electrons. The smallest absolute Gasteiger partial charge is 0.597 e. The first-order valence-corrected chi connectivity index (χ1v) is 12.5. The fourth-order valence-electron chi connectivity index (χ4n) is 2.30. The molecule has 0 aromatic heterocycles. The van der Waals surface area contributed by atoms with Gasteiger partial charge in [-0.05, 0) is 0 Å².